The molecule has 1 saturated heterocycles. The predicted molar refractivity (Wildman–Crippen MR) is 110 cm³/mol. The lowest BCUT2D eigenvalue weighted by Gasteiger charge is -2.31. The molecular formula is C20H33F2N5O5. The van der Waals surface area contributed by atoms with E-state index in [-0.39, 0.29) is 18.7 Å². The molecule has 3 atom stereocenters. The molecule has 12 heteroatoms. The van der Waals surface area contributed by atoms with Crippen LogP contribution in [0.5, 0.6) is 0 Å². The van der Waals surface area contributed by atoms with Crippen molar-refractivity contribution in [3.05, 3.63) is 11.8 Å². The summed E-state index contributed by atoms with van der Waals surface area (Å²) in [6.07, 6.45) is -1.60. The zero-order valence-corrected chi connectivity index (χ0v) is 18.8. The third-order valence-corrected chi connectivity index (χ3v) is 5.22. The van der Waals surface area contributed by atoms with Crippen molar-refractivity contribution in [3.8, 4) is 0 Å². The third kappa shape index (κ3) is 7.37. The minimum atomic E-state index is -3.14. The Bertz CT molecular complexity index is 742. The topological polar surface area (TPSA) is 130 Å². The van der Waals surface area contributed by atoms with E-state index in [1.807, 2.05) is 0 Å². The number of hydrogen-bond acceptors (Lipinski definition) is 7. The lowest BCUT2D eigenvalue weighted by atomic mass is 10.0. The van der Waals surface area contributed by atoms with E-state index >= 15 is 0 Å². The third-order valence-electron chi connectivity index (χ3n) is 5.22. The maximum absolute atomic E-state index is 14.4. The smallest absolute Gasteiger partial charge is 0.318 e. The maximum Gasteiger partial charge on any atom is 0.318 e. The minimum Gasteiger partial charge on any atom is -0.422 e. The van der Waals surface area contributed by atoms with Gasteiger partial charge in [-0.1, -0.05) is 27.2 Å². The molecule has 0 radical (unpaired) electrons. The first-order valence-corrected chi connectivity index (χ1v) is 11.0. The molecule has 1 aliphatic rings. The number of ether oxygens (including phenoxy) is 1. The van der Waals surface area contributed by atoms with Gasteiger partial charge in [0.05, 0.1) is 19.3 Å². The fourth-order valence-electron chi connectivity index (χ4n) is 3.37. The number of urea groups is 1. The van der Waals surface area contributed by atoms with Crippen LogP contribution in [0, 0.1) is 0 Å². The normalized spacial score (nSPS) is 17.5. The van der Waals surface area contributed by atoms with Gasteiger partial charge in [-0.25, -0.2) is 13.6 Å². The average molecular weight is 462 g/mol. The second-order valence-corrected chi connectivity index (χ2v) is 7.77. The first kappa shape index (κ1) is 25.9. The number of hydrogen-bond donors (Lipinski definition) is 3. The maximum atomic E-state index is 14.4. The zero-order valence-electron chi connectivity index (χ0n) is 18.8. The Labute approximate surface area is 186 Å². The minimum absolute atomic E-state index is 0.0702. The molecule has 0 saturated carbocycles. The summed E-state index contributed by atoms with van der Waals surface area (Å²) in [4.78, 5) is 26.9. The number of alkyl halides is 2. The van der Waals surface area contributed by atoms with E-state index in [9.17, 15) is 23.5 Å². The molecule has 3 amide bonds. The van der Waals surface area contributed by atoms with Crippen molar-refractivity contribution in [1.82, 2.24) is 25.7 Å². The molecule has 2 heterocycles. The first-order valence-electron chi connectivity index (χ1n) is 11.0. The Morgan fingerprint density at radius 3 is 2.44 bits per heavy atom. The van der Waals surface area contributed by atoms with E-state index in [0.717, 1.165) is 0 Å². The summed E-state index contributed by atoms with van der Waals surface area (Å²) in [5.74, 6) is -3.70. The Hall–Kier alpha value is -2.34. The van der Waals surface area contributed by atoms with Crippen molar-refractivity contribution < 1.29 is 32.6 Å². The predicted octanol–water partition coefficient (Wildman–Crippen LogP) is 1.80. The van der Waals surface area contributed by atoms with E-state index in [0.29, 0.717) is 38.6 Å². The molecule has 1 aliphatic heterocycles. The van der Waals surface area contributed by atoms with Crippen molar-refractivity contribution in [3.63, 3.8) is 0 Å². The number of amides is 3. The summed E-state index contributed by atoms with van der Waals surface area (Å²) < 4.78 is 39.3. The van der Waals surface area contributed by atoms with Gasteiger partial charge < -0.3 is 29.8 Å². The highest BCUT2D eigenvalue weighted by Crippen LogP contribution is 2.27. The van der Waals surface area contributed by atoms with Crippen LogP contribution in [0.1, 0.15) is 64.3 Å². The van der Waals surface area contributed by atoms with Crippen LogP contribution in [-0.4, -0.2) is 76.5 Å². The largest absolute Gasteiger partial charge is 0.422 e. The number of carbonyl (C=O) groups is 2. The highest BCUT2D eigenvalue weighted by atomic mass is 19.3. The average Bonchev–Trinajstić information content (AvgIpc) is 3.26. The monoisotopic (exact) mass is 461 g/mol. The van der Waals surface area contributed by atoms with Crippen LogP contribution in [0.15, 0.2) is 4.42 Å². The van der Waals surface area contributed by atoms with E-state index in [1.165, 1.54) is 4.90 Å². The molecule has 0 aliphatic carbocycles. The highest BCUT2D eigenvalue weighted by Gasteiger charge is 2.38. The molecule has 1 unspecified atom stereocenters. The van der Waals surface area contributed by atoms with Crippen molar-refractivity contribution in [2.75, 3.05) is 26.3 Å². The number of rotatable bonds is 11. The van der Waals surface area contributed by atoms with Crippen LogP contribution in [0.3, 0.4) is 0 Å². The summed E-state index contributed by atoms with van der Waals surface area (Å²) >= 11 is 0. The van der Waals surface area contributed by atoms with Gasteiger partial charge in [0.15, 0.2) is 6.10 Å². The van der Waals surface area contributed by atoms with Crippen molar-refractivity contribution in [1.29, 1.82) is 0 Å². The zero-order chi connectivity index (χ0) is 23.7. The molecule has 3 N–H and O–H groups in total. The number of halogens is 2. The van der Waals surface area contributed by atoms with Gasteiger partial charge in [0.1, 0.15) is 6.04 Å². The Morgan fingerprint density at radius 1 is 1.19 bits per heavy atom. The van der Waals surface area contributed by atoms with E-state index in [1.54, 1.807) is 20.8 Å². The number of carbonyl (C=O) groups excluding carboxylic acids is 2. The molecule has 2 rings (SSSR count). The second-order valence-electron chi connectivity index (χ2n) is 7.77. The van der Waals surface area contributed by atoms with Crippen molar-refractivity contribution >= 4 is 11.9 Å². The number of nitrogens with zero attached hydrogens (tertiary/aromatic N) is 3. The summed E-state index contributed by atoms with van der Waals surface area (Å²) in [6, 6.07) is -2.96. The van der Waals surface area contributed by atoms with Crippen LogP contribution in [0.25, 0.3) is 0 Å². The van der Waals surface area contributed by atoms with E-state index < -0.39 is 48.9 Å². The first-order chi connectivity index (χ1) is 15.2. The van der Waals surface area contributed by atoms with Crippen molar-refractivity contribution in [2.24, 2.45) is 0 Å². The molecule has 0 bridgehead atoms. The highest BCUT2D eigenvalue weighted by molar-refractivity contribution is 5.87. The molecule has 0 aromatic carbocycles. The Morgan fingerprint density at radius 2 is 1.88 bits per heavy atom. The van der Waals surface area contributed by atoms with E-state index in [2.05, 4.69) is 20.8 Å². The van der Waals surface area contributed by atoms with Gasteiger partial charge in [-0.15, -0.1) is 10.2 Å². The van der Waals surface area contributed by atoms with Gasteiger partial charge >= 0.3 is 6.03 Å². The molecule has 10 nitrogen and oxygen atoms in total. The lowest BCUT2D eigenvalue weighted by Crippen LogP contribution is -2.56. The van der Waals surface area contributed by atoms with Crippen molar-refractivity contribution in [2.45, 2.75) is 77.0 Å². The molecule has 1 aromatic rings. The van der Waals surface area contributed by atoms with Gasteiger partial charge in [0.2, 0.25) is 17.7 Å². The van der Waals surface area contributed by atoms with Gasteiger partial charge in [-0.05, 0) is 6.42 Å². The number of nitrogens with one attached hydrogen (secondary N) is 2. The quantitative estimate of drug-likeness (QED) is 0.458. The van der Waals surface area contributed by atoms with Gasteiger partial charge in [0, 0.05) is 32.4 Å². The summed E-state index contributed by atoms with van der Waals surface area (Å²) in [6.45, 7) is 6.42. The molecule has 32 heavy (non-hydrogen) atoms. The second kappa shape index (κ2) is 12.0. The SMILES string of the molecule is CCCC(F)(F)C[C@H](NC(=O)N1CCOCC1)C(=O)N[C@@H](CC)C(O)c1nnc(CC)o1. The molecular weight excluding hydrogens is 428 g/mol. The van der Waals surface area contributed by atoms with Crippen LogP contribution in [0.2, 0.25) is 0 Å². The van der Waals surface area contributed by atoms with Gasteiger partial charge in [0.25, 0.3) is 5.92 Å². The standard InChI is InChI=1S/C20H33F2N5O5/c1-4-7-20(21,22)12-14(24-19(30)27-8-10-31-11-9-27)17(29)23-13(5-2)16(28)18-26-25-15(6-3)32-18/h13-14,16,28H,4-12H2,1-3H3,(H,23,29)(H,24,30)/t13-,14-,16?/m0/s1. The summed E-state index contributed by atoms with van der Waals surface area (Å²) in [5, 5.41) is 23.1. The fraction of sp³-hybridized carbons (Fsp3) is 0.800. The number of aliphatic hydroxyl groups excluding tert-OH is 1. The molecule has 1 aromatic heterocycles. The van der Waals surface area contributed by atoms with Crippen LogP contribution < -0.4 is 10.6 Å². The summed E-state index contributed by atoms with van der Waals surface area (Å²) in [7, 11) is 0. The Kier molecular flexibility index (Phi) is 9.76. The summed E-state index contributed by atoms with van der Waals surface area (Å²) in [5.41, 5.74) is 0. The van der Waals surface area contributed by atoms with Crippen LogP contribution in [-0.2, 0) is 16.0 Å². The van der Waals surface area contributed by atoms with E-state index in [4.69, 9.17) is 9.15 Å². The van der Waals surface area contributed by atoms with Crippen LogP contribution >= 0.6 is 0 Å². The number of aryl methyl sites for hydroxylation is 1. The van der Waals surface area contributed by atoms with Gasteiger partial charge in [-0.2, -0.15) is 0 Å². The molecule has 182 valence electrons. The number of aromatic nitrogens is 2. The van der Waals surface area contributed by atoms with Crippen LogP contribution in [0.4, 0.5) is 13.6 Å². The van der Waals surface area contributed by atoms with Gasteiger partial charge in [-0.3, -0.25) is 4.79 Å². The molecule has 0 spiro atoms. The Balaban J connectivity index is 2.12. The fourth-order valence-corrected chi connectivity index (χ4v) is 3.37. The lowest BCUT2D eigenvalue weighted by molar-refractivity contribution is -0.127. The number of morpholine rings is 1. The molecule has 1 fully saturated rings. The number of aliphatic hydroxyl groups is 1.